The molecule has 1 saturated heterocycles. The van der Waals surface area contributed by atoms with Crippen LogP contribution in [0.15, 0.2) is 42.5 Å². The Balaban J connectivity index is 1.64. The van der Waals surface area contributed by atoms with Crippen molar-refractivity contribution in [1.29, 1.82) is 0 Å². The highest BCUT2D eigenvalue weighted by Gasteiger charge is 2.26. The molecule has 4 heteroatoms. The fourth-order valence-electron chi connectivity index (χ4n) is 3.46. The van der Waals surface area contributed by atoms with E-state index >= 15 is 0 Å². The average molecular weight is 337 g/mol. The summed E-state index contributed by atoms with van der Waals surface area (Å²) < 4.78 is 0. The number of para-hydroxylation sites is 1. The van der Waals surface area contributed by atoms with Crippen molar-refractivity contribution in [3.63, 3.8) is 0 Å². The quantitative estimate of drug-likeness (QED) is 0.873. The number of rotatable bonds is 3. The van der Waals surface area contributed by atoms with Gasteiger partial charge in [-0.15, -0.1) is 0 Å². The zero-order chi connectivity index (χ0) is 18.0. The number of nitrogens with two attached hydrogens (primary N) is 1. The number of benzene rings is 2. The molecule has 1 fully saturated rings. The van der Waals surface area contributed by atoms with Gasteiger partial charge in [-0.2, -0.15) is 0 Å². The van der Waals surface area contributed by atoms with E-state index in [1.165, 1.54) is 11.1 Å². The minimum Gasteiger partial charge on any atom is -0.398 e. The number of carbonyl (C=O) groups is 1. The summed E-state index contributed by atoms with van der Waals surface area (Å²) in [6.45, 7) is 9.52. The molecule has 3 rings (SSSR count). The lowest BCUT2D eigenvalue weighted by molar-refractivity contribution is 0.0582. The van der Waals surface area contributed by atoms with Crippen LogP contribution in [0.4, 0.5) is 5.69 Å². The first kappa shape index (κ1) is 17.5. The van der Waals surface area contributed by atoms with Crippen molar-refractivity contribution < 1.29 is 4.79 Å². The second-order valence-electron chi connectivity index (χ2n) is 6.95. The van der Waals surface area contributed by atoms with E-state index in [0.717, 1.165) is 43.0 Å². The Morgan fingerprint density at radius 2 is 1.64 bits per heavy atom. The van der Waals surface area contributed by atoms with Crippen LogP contribution < -0.4 is 5.73 Å². The topological polar surface area (TPSA) is 49.6 Å². The third-order valence-corrected chi connectivity index (χ3v) is 5.26. The second kappa shape index (κ2) is 7.28. The molecule has 1 heterocycles. The van der Waals surface area contributed by atoms with Crippen molar-refractivity contribution in [2.45, 2.75) is 26.8 Å². The zero-order valence-electron chi connectivity index (χ0n) is 15.3. The standard InChI is InChI=1S/C21H27N3O/c1-15-7-9-18(10-8-15)21(25)24-13-11-23(12-14-24)17(3)19-6-4-5-16(2)20(19)22/h4-10,17H,11-14,22H2,1-3H3. The Morgan fingerprint density at radius 3 is 2.28 bits per heavy atom. The van der Waals surface area contributed by atoms with Gasteiger partial charge in [-0.1, -0.05) is 35.9 Å². The molecule has 4 nitrogen and oxygen atoms in total. The lowest BCUT2D eigenvalue weighted by Gasteiger charge is -2.38. The summed E-state index contributed by atoms with van der Waals surface area (Å²) >= 11 is 0. The van der Waals surface area contributed by atoms with E-state index in [2.05, 4.69) is 24.0 Å². The summed E-state index contributed by atoms with van der Waals surface area (Å²) in [5.41, 5.74) is 11.4. The summed E-state index contributed by atoms with van der Waals surface area (Å²) in [6, 6.07) is 14.3. The van der Waals surface area contributed by atoms with Crippen LogP contribution in [0.3, 0.4) is 0 Å². The number of amides is 1. The van der Waals surface area contributed by atoms with Crippen molar-refractivity contribution in [1.82, 2.24) is 9.80 Å². The summed E-state index contributed by atoms with van der Waals surface area (Å²) in [6.07, 6.45) is 0. The van der Waals surface area contributed by atoms with Crippen LogP contribution >= 0.6 is 0 Å². The van der Waals surface area contributed by atoms with Gasteiger partial charge >= 0.3 is 0 Å². The van der Waals surface area contributed by atoms with E-state index in [9.17, 15) is 4.79 Å². The third-order valence-electron chi connectivity index (χ3n) is 5.26. The van der Waals surface area contributed by atoms with Crippen LogP contribution in [0.5, 0.6) is 0 Å². The molecule has 1 aliphatic heterocycles. The largest absolute Gasteiger partial charge is 0.398 e. The van der Waals surface area contributed by atoms with Crippen molar-refractivity contribution in [3.8, 4) is 0 Å². The predicted octanol–water partition coefficient (Wildman–Crippen LogP) is 3.40. The van der Waals surface area contributed by atoms with Gasteiger partial charge in [0.1, 0.15) is 0 Å². The number of nitrogens with zero attached hydrogens (tertiary/aromatic N) is 2. The first-order valence-corrected chi connectivity index (χ1v) is 8.92. The van der Waals surface area contributed by atoms with Gasteiger partial charge in [0.05, 0.1) is 0 Å². The minimum absolute atomic E-state index is 0.127. The molecule has 0 aliphatic carbocycles. The van der Waals surface area contributed by atoms with Crippen molar-refractivity contribution in [2.24, 2.45) is 0 Å². The molecule has 0 radical (unpaired) electrons. The Bertz CT molecular complexity index is 746. The van der Waals surface area contributed by atoms with Crippen LogP contribution in [0.2, 0.25) is 0 Å². The van der Waals surface area contributed by atoms with Crippen molar-refractivity contribution in [2.75, 3.05) is 31.9 Å². The summed E-state index contributed by atoms with van der Waals surface area (Å²) in [4.78, 5) is 17.0. The Kier molecular flexibility index (Phi) is 5.09. The maximum atomic E-state index is 12.6. The minimum atomic E-state index is 0.127. The number of hydrogen-bond donors (Lipinski definition) is 1. The Morgan fingerprint density at radius 1 is 1.00 bits per heavy atom. The first-order valence-electron chi connectivity index (χ1n) is 8.92. The van der Waals surface area contributed by atoms with Gasteiger partial charge in [-0.25, -0.2) is 0 Å². The maximum absolute atomic E-state index is 12.6. The molecule has 1 amide bonds. The molecule has 1 unspecified atom stereocenters. The number of aryl methyl sites for hydroxylation is 2. The maximum Gasteiger partial charge on any atom is 0.253 e. The monoisotopic (exact) mass is 337 g/mol. The van der Waals surface area contributed by atoms with Crippen molar-refractivity contribution in [3.05, 3.63) is 64.7 Å². The number of anilines is 1. The molecule has 0 bridgehead atoms. The van der Waals surface area contributed by atoms with Gasteiger partial charge in [0, 0.05) is 43.5 Å². The summed E-state index contributed by atoms with van der Waals surface area (Å²) in [5.74, 6) is 0.127. The van der Waals surface area contributed by atoms with Gasteiger partial charge in [0.2, 0.25) is 0 Å². The van der Waals surface area contributed by atoms with Gasteiger partial charge in [0.15, 0.2) is 0 Å². The van der Waals surface area contributed by atoms with Gasteiger partial charge in [-0.3, -0.25) is 9.69 Å². The number of hydrogen-bond acceptors (Lipinski definition) is 3. The Labute approximate surface area is 150 Å². The van der Waals surface area contributed by atoms with E-state index in [1.807, 2.05) is 49.1 Å². The molecule has 0 aromatic heterocycles. The molecular weight excluding hydrogens is 310 g/mol. The van der Waals surface area contributed by atoms with Gasteiger partial charge in [0.25, 0.3) is 5.91 Å². The van der Waals surface area contributed by atoms with Crippen molar-refractivity contribution >= 4 is 11.6 Å². The third kappa shape index (κ3) is 3.69. The van der Waals surface area contributed by atoms with Crippen LogP contribution in [-0.2, 0) is 0 Å². The number of carbonyl (C=O) groups excluding carboxylic acids is 1. The molecule has 25 heavy (non-hydrogen) atoms. The molecule has 132 valence electrons. The molecule has 0 saturated carbocycles. The van der Waals surface area contributed by atoms with E-state index in [0.29, 0.717) is 0 Å². The van der Waals surface area contributed by atoms with Gasteiger partial charge in [-0.05, 0) is 44.0 Å². The zero-order valence-corrected chi connectivity index (χ0v) is 15.3. The predicted molar refractivity (Wildman–Crippen MR) is 103 cm³/mol. The fraction of sp³-hybridized carbons (Fsp3) is 0.381. The summed E-state index contributed by atoms with van der Waals surface area (Å²) in [7, 11) is 0. The van der Waals surface area contributed by atoms with Crippen LogP contribution in [0.25, 0.3) is 0 Å². The lowest BCUT2D eigenvalue weighted by Crippen LogP contribution is -2.49. The fourth-order valence-corrected chi connectivity index (χ4v) is 3.46. The van der Waals surface area contributed by atoms with E-state index in [-0.39, 0.29) is 11.9 Å². The van der Waals surface area contributed by atoms with E-state index in [1.54, 1.807) is 0 Å². The highest BCUT2D eigenvalue weighted by Crippen LogP contribution is 2.28. The average Bonchev–Trinajstić information content (AvgIpc) is 2.64. The molecule has 2 N–H and O–H groups in total. The molecule has 0 spiro atoms. The number of nitrogen functional groups attached to an aromatic ring is 1. The molecule has 1 atom stereocenters. The highest BCUT2D eigenvalue weighted by molar-refractivity contribution is 5.94. The van der Waals surface area contributed by atoms with Gasteiger partial charge < -0.3 is 10.6 Å². The Hall–Kier alpha value is -2.33. The summed E-state index contributed by atoms with van der Waals surface area (Å²) in [5, 5.41) is 0. The molecule has 1 aliphatic rings. The smallest absolute Gasteiger partial charge is 0.253 e. The molecular formula is C21H27N3O. The normalized spacial score (nSPS) is 16.7. The lowest BCUT2D eigenvalue weighted by atomic mass is 10.0. The second-order valence-corrected chi connectivity index (χ2v) is 6.95. The SMILES string of the molecule is Cc1ccc(C(=O)N2CCN(C(C)c3cccc(C)c3N)CC2)cc1. The molecule has 2 aromatic rings. The van der Waals surface area contributed by atoms with Crippen LogP contribution in [-0.4, -0.2) is 41.9 Å². The van der Waals surface area contributed by atoms with E-state index in [4.69, 9.17) is 5.73 Å². The van der Waals surface area contributed by atoms with E-state index < -0.39 is 0 Å². The van der Waals surface area contributed by atoms with Crippen LogP contribution in [0.1, 0.15) is 40.0 Å². The van der Waals surface area contributed by atoms with Crippen LogP contribution in [0, 0.1) is 13.8 Å². The first-order chi connectivity index (χ1) is 12.0. The highest BCUT2D eigenvalue weighted by atomic mass is 16.2. The molecule has 2 aromatic carbocycles. The number of piperazine rings is 1.